The number of rotatable bonds is 7. The zero-order chi connectivity index (χ0) is 18.6. The zero-order valence-corrected chi connectivity index (χ0v) is 15.3. The van der Waals surface area contributed by atoms with Crippen LogP contribution in [0.5, 0.6) is 0 Å². The van der Waals surface area contributed by atoms with Crippen LogP contribution in [0.3, 0.4) is 0 Å². The van der Waals surface area contributed by atoms with Gasteiger partial charge in [0, 0.05) is 5.38 Å². The fourth-order valence-electron chi connectivity index (χ4n) is 1.97. The van der Waals surface area contributed by atoms with Crippen LogP contribution in [0.1, 0.15) is 11.4 Å². The van der Waals surface area contributed by atoms with Crippen LogP contribution in [0.15, 0.2) is 50.5 Å². The van der Waals surface area contributed by atoms with Gasteiger partial charge in [-0.3, -0.25) is 4.79 Å². The highest BCUT2D eigenvalue weighted by Crippen LogP contribution is 2.19. The predicted molar refractivity (Wildman–Crippen MR) is 93.8 cm³/mol. The van der Waals surface area contributed by atoms with E-state index < -0.39 is 22.5 Å². The van der Waals surface area contributed by atoms with Gasteiger partial charge in [-0.05, 0) is 30.5 Å². The van der Waals surface area contributed by atoms with Gasteiger partial charge in [0.05, 0.1) is 10.5 Å². The predicted octanol–water partition coefficient (Wildman–Crippen LogP) is 2.13. The quantitative estimate of drug-likeness (QED) is 0.612. The Balaban J connectivity index is 1.51. The van der Waals surface area contributed by atoms with Gasteiger partial charge >= 0.3 is 5.97 Å². The largest absolute Gasteiger partial charge is 0.456 e. The fraction of sp³-hybridized carbons (Fsp3) is 0.188. The molecular weight excluding hydrogens is 378 g/mol. The summed E-state index contributed by atoms with van der Waals surface area (Å²) in [6.45, 7) is 1.15. The molecule has 3 aromatic rings. The van der Waals surface area contributed by atoms with Crippen LogP contribution in [-0.2, 0) is 26.2 Å². The summed E-state index contributed by atoms with van der Waals surface area (Å²) in [5, 5.41) is 7.44. The second-order valence-corrected chi connectivity index (χ2v) is 7.87. The Bertz CT molecular complexity index is 979. The first kappa shape index (κ1) is 18.2. The maximum absolute atomic E-state index is 12.1. The molecule has 26 heavy (non-hydrogen) atoms. The Morgan fingerprint density at radius 3 is 2.73 bits per heavy atom. The third-order valence-electron chi connectivity index (χ3n) is 3.34. The number of hydrogen-bond acceptors (Lipinski definition) is 8. The van der Waals surface area contributed by atoms with E-state index in [0.717, 1.165) is 11.1 Å². The number of benzene rings is 1. The van der Waals surface area contributed by atoms with E-state index in [1.54, 1.807) is 12.1 Å². The Hall–Kier alpha value is -2.56. The summed E-state index contributed by atoms with van der Waals surface area (Å²) >= 11 is 1.49. The van der Waals surface area contributed by atoms with Crippen molar-refractivity contribution in [1.82, 2.24) is 14.9 Å². The Kier molecular flexibility index (Phi) is 5.45. The first-order valence-electron chi connectivity index (χ1n) is 7.51. The lowest BCUT2D eigenvalue weighted by molar-refractivity contribution is -0.143. The van der Waals surface area contributed by atoms with Crippen molar-refractivity contribution in [2.75, 3.05) is 6.54 Å². The smallest absolute Gasteiger partial charge is 0.321 e. The third kappa shape index (κ3) is 4.54. The molecule has 0 aliphatic heterocycles. The minimum absolute atomic E-state index is 0.0782. The maximum Gasteiger partial charge on any atom is 0.321 e. The van der Waals surface area contributed by atoms with Crippen LogP contribution in [0, 0.1) is 6.92 Å². The van der Waals surface area contributed by atoms with E-state index >= 15 is 0 Å². The number of sulfonamides is 1. The summed E-state index contributed by atoms with van der Waals surface area (Å²) < 4.78 is 36.4. The molecule has 0 bridgehead atoms. The number of ether oxygens (including phenoxy) is 1. The molecule has 0 atom stereocenters. The van der Waals surface area contributed by atoms with Gasteiger partial charge in [0.2, 0.25) is 15.8 Å². The molecule has 3 rings (SSSR count). The van der Waals surface area contributed by atoms with E-state index in [2.05, 4.69) is 14.9 Å². The molecule has 0 unspecified atom stereocenters. The van der Waals surface area contributed by atoms with Gasteiger partial charge < -0.3 is 9.26 Å². The van der Waals surface area contributed by atoms with Crippen molar-refractivity contribution >= 4 is 27.3 Å². The van der Waals surface area contributed by atoms with Crippen LogP contribution in [-0.4, -0.2) is 31.1 Å². The van der Waals surface area contributed by atoms with E-state index in [1.807, 2.05) is 23.8 Å². The summed E-state index contributed by atoms with van der Waals surface area (Å²) in [5.41, 5.74) is 1.72. The van der Waals surface area contributed by atoms with Gasteiger partial charge in [-0.1, -0.05) is 22.9 Å². The highest BCUT2D eigenvalue weighted by atomic mass is 32.2. The summed E-state index contributed by atoms with van der Waals surface area (Å²) in [6, 6.07) is 8.11. The van der Waals surface area contributed by atoms with Gasteiger partial charge in [-0.15, -0.1) is 0 Å². The van der Waals surface area contributed by atoms with E-state index in [9.17, 15) is 13.2 Å². The molecule has 2 heterocycles. The number of aryl methyl sites for hydroxylation is 1. The third-order valence-corrected chi connectivity index (χ3v) is 5.44. The lowest BCUT2D eigenvalue weighted by atomic mass is 10.2. The second-order valence-electron chi connectivity index (χ2n) is 5.33. The van der Waals surface area contributed by atoms with Gasteiger partial charge in [0.25, 0.3) is 5.89 Å². The summed E-state index contributed by atoms with van der Waals surface area (Å²) in [6.07, 6.45) is 0. The number of carbonyl (C=O) groups is 1. The van der Waals surface area contributed by atoms with Gasteiger partial charge in [0.15, 0.2) is 6.61 Å². The van der Waals surface area contributed by atoms with Crippen LogP contribution in [0.4, 0.5) is 0 Å². The topological polar surface area (TPSA) is 111 Å². The van der Waals surface area contributed by atoms with Crippen molar-refractivity contribution in [2.45, 2.75) is 18.4 Å². The monoisotopic (exact) mass is 393 g/mol. The van der Waals surface area contributed by atoms with Crippen molar-refractivity contribution in [3.8, 4) is 11.5 Å². The molecule has 0 spiro atoms. The molecule has 0 amide bonds. The maximum atomic E-state index is 12.1. The van der Waals surface area contributed by atoms with Crippen LogP contribution >= 0.6 is 11.3 Å². The minimum Gasteiger partial charge on any atom is -0.456 e. The fourth-order valence-corrected chi connectivity index (χ4v) is 3.57. The number of hydrogen-bond donors (Lipinski definition) is 1. The summed E-state index contributed by atoms with van der Waals surface area (Å²) in [5.74, 6) is -0.221. The number of thiophene rings is 1. The number of aromatic nitrogens is 2. The molecule has 0 saturated heterocycles. The van der Waals surface area contributed by atoms with Crippen molar-refractivity contribution in [2.24, 2.45) is 0 Å². The highest BCUT2D eigenvalue weighted by Gasteiger charge is 2.17. The molecule has 136 valence electrons. The summed E-state index contributed by atoms with van der Waals surface area (Å²) in [4.78, 5) is 15.9. The normalized spacial score (nSPS) is 11.4. The number of nitrogens with one attached hydrogen (secondary N) is 1. The number of carbonyl (C=O) groups excluding carboxylic acids is 1. The van der Waals surface area contributed by atoms with Crippen molar-refractivity contribution in [3.63, 3.8) is 0 Å². The molecule has 8 nitrogen and oxygen atoms in total. The van der Waals surface area contributed by atoms with Gasteiger partial charge in [-0.25, -0.2) is 8.42 Å². The molecule has 1 N–H and O–H groups in total. The molecule has 1 aromatic carbocycles. The van der Waals surface area contributed by atoms with Crippen LogP contribution in [0.2, 0.25) is 0 Å². The zero-order valence-electron chi connectivity index (χ0n) is 13.7. The van der Waals surface area contributed by atoms with E-state index in [1.165, 1.54) is 23.5 Å². The average Bonchev–Trinajstić information content (AvgIpc) is 3.30. The average molecular weight is 393 g/mol. The lowest BCUT2D eigenvalue weighted by Gasteiger charge is -2.06. The molecular formula is C16H15N3O5S2. The van der Waals surface area contributed by atoms with Crippen molar-refractivity contribution in [1.29, 1.82) is 0 Å². The van der Waals surface area contributed by atoms with Crippen molar-refractivity contribution < 1.29 is 22.5 Å². The van der Waals surface area contributed by atoms with E-state index in [-0.39, 0.29) is 17.3 Å². The SMILES string of the molecule is Cc1ccc(S(=O)(=O)NCC(=O)OCc2noc(-c3ccsc3)n2)cc1. The first-order chi connectivity index (χ1) is 12.4. The Morgan fingerprint density at radius 1 is 1.27 bits per heavy atom. The first-order valence-corrected chi connectivity index (χ1v) is 9.94. The standard InChI is InChI=1S/C16H15N3O5S2/c1-11-2-4-13(5-3-11)26(21,22)17-8-15(20)23-9-14-18-16(24-19-14)12-6-7-25-10-12/h2-7,10,17H,8-9H2,1H3. The Labute approximate surface area is 153 Å². The number of nitrogens with zero attached hydrogens (tertiary/aromatic N) is 2. The highest BCUT2D eigenvalue weighted by molar-refractivity contribution is 7.89. The molecule has 10 heteroatoms. The van der Waals surface area contributed by atoms with Crippen molar-refractivity contribution in [3.05, 3.63) is 52.5 Å². The molecule has 0 saturated carbocycles. The minimum atomic E-state index is -3.78. The van der Waals surface area contributed by atoms with Crippen LogP contribution < -0.4 is 4.72 Å². The molecule has 0 aliphatic carbocycles. The van der Waals surface area contributed by atoms with E-state index in [0.29, 0.717) is 5.89 Å². The van der Waals surface area contributed by atoms with Gasteiger partial charge in [-0.2, -0.15) is 21.0 Å². The number of esters is 1. The summed E-state index contributed by atoms with van der Waals surface area (Å²) in [7, 11) is -3.78. The van der Waals surface area contributed by atoms with E-state index in [4.69, 9.17) is 9.26 Å². The molecule has 0 fully saturated rings. The van der Waals surface area contributed by atoms with Gasteiger partial charge in [0.1, 0.15) is 6.54 Å². The molecule has 0 aliphatic rings. The van der Waals surface area contributed by atoms with Crippen LogP contribution in [0.25, 0.3) is 11.5 Å². The second kappa shape index (κ2) is 7.77. The lowest BCUT2D eigenvalue weighted by Crippen LogP contribution is -2.30. The Morgan fingerprint density at radius 2 is 2.04 bits per heavy atom. The molecule has 0 radical (unpaired) electrons. The molecule has 2 aromatic heterocycles.